The second-order valence-corrected chi connectivity index (χ2v) is 15.8. The maximum Gasteiger partial charge on any atom is 0.220 e. The molecule has 9 nitrogen and oxygen atoms in total. The minimum absolute atomic E-state index is 0.163. The predicted molar refractivity (Wildman–Crippen MR) is 235 cm³/mol. The number of rotatable bonds is 37. The van der Waals surface area contributed by atoms with E-state index in [2.05, 4.69) is 79.9 Å². The summed E-state index contributed by atoms with van der Waals surface area (Å²) in [5.41, 5.74) is 0. The second kappa shape index (κ2) is 38.1. The highest BCUT2D eigenvalue weighted by atomic mass is 16.7. The zero-order valence-electron chi connectivity index (χ0n) is 36.1. The van der Waals surface area contributed by atoms with Gasteiger partial charge in [-0.1, -0.05) is 184 Å². The summed E-state index contributed by atoms with van der Waals surface area (Å²) in [6, 6.07) is -0.750. The monoisotopic (exact) mass is 804 g/mol. The Bertz CT molecular complexity index is 1070. The summed E-state index contributed by atoms with van der Waals surface area (Å²) in [4.78, 5) is 12.9. The van der Waals surface area contributed by atoms with Gasteiger partial charge >= 0.3 is 0 Å². The van der Waals surface area contributed by atoms with Gasteiger partial charge in [0.1, 0.15) is 24.4 Å². The molecule has 57 heavy (non-hydrogen) atoms. The molecule has 6 N–H and O–H groups in total. The molecule has 0 radical (unpaired) electrons. The molecule has 0 aromatic carbocycles. The van der Waals surface area contributed by atoms with Crippen molar-refractivity contribution >= 4 is 5.91 Å². The van der Waals surface area contributed by atoms with E-state index in [1.165, 1.54) is 89.9 Å². The van der Waals surface area contributed by atoms with Crippen molar-refractivity contribution in [2.24, 2.45) is 0 Å². The van der Waals surface area contributed by atoms with Crippen LogP contribution in [-0.2, 0) is 14.3 Å². The molecule has 1 amide bonds. The van der Waals surface area contributed by atoms with Crippen LogP contribution in [0.15, 0.2) is 60.8 Å². The Kier molecular flexibility index (Phi) is 35.4. The van der Waals surface area contributed by atoms with Gasteiger partial charge in [-0.15, -0.1) is 0 Å². The lowest BCUT2D eigenvalue weighted by Crippen LogP contribution is -2.60. The largest absolute Gasteiger partial charge is 0.394 e. The number of hydrogen-bond acceptors (Lipinski definition) is 8. The lowest BCUT2D eigenvalue weighted by atomic mass is 9.99. The molecular weight excluding hydrogens is 719 g/mol. The van der Waals surface area contributed by atoms with Crippen LogP contribution in [0.5, 0.6) is 0 Å². The van der Waals surface area contributed by atoms with Crippen LogP contribution in [0, 0.1) is 0 Å². The highest BCUT2D eigenvalue weighted by Crippen LogP contribution is 2.23. The molecule has 9 heteroatoms. The lowest BCUT2D eigenvalue weighted by Gasteiger charge is -2.40. The molecule has 330 valence electrons. The van der Waals surface area contributed by atoms with Crippen molar-refractivity contribution in [3.63, 3.8) is 0 Å². The zero-order valence-corrected chi connectivity index (χ0v) is 36.1. The van der Waals surface area contributed by atoms with Crippen molar-refractivity contribution in [2.45, 2.75) is 224 Å². The van der Waals surface area contributed by atoms with Gasteiger partial charge in [0, 0.05) is 6.42 Å². The van der Waals surface area contributed by atoms with Crippen LogP contribution < -0.4 is 5.32 Å². The Labute approximate surface area is 347 Å². The van der Waals surface area contributed by atoms with Gasteiger partial charge in [0.15, 0.2) is 6.29 Å². The van der Waals surface area contributed by atoms with Crippen LogP contribution >= 0.6 is 0 Å². The van der Waals surface area contributed by atoms with Crippen LogP contribution in [0.25, 0.3) is 0 Å². The van der Waals surface area contributed by atoms with Gasteiger partial charge in [0.2, 0.25) is 5.91 Å². The predicted octanol–water partition coefficient (Wildman–Crippen LogP) is 9.61. The Morgan fingerprint density at radius 3 is 1.54 bits per heavy atom. The van der Waals surface area contributed by atoms with Gasteiger partial charge in [-0.05, 0) is 51.4 Å². The summed E-state index contributed by atoms with van der Waals surface area (Å²) in [6.45, 7) is 3.68. The van der Waals surface area contributed by atoms with Crippen molar-refractivity contribution < 1.29 is 39.8 Å². The minimum atomic E-state index is -1.57. The Morgan fingerprint density at radius 1 is 0.614 bits per heavy atom. The number of aliphatic hydroxyl groups is 5. The van der Waals surface area contributed by atoms with Gasteiger partial charge in [-0.3, -0.25) is 4.79 Å². The molecule has 1 heterocycles. The second-order valence-electron chi connectivity index (χ2n) is 15.8. The van der Waals surface area contributed by atoms with Gasteiger partial charge in [-0.25, -0.2) is 0 Å². The lowest BCUT2D eigenvalue weighted by molar-refractivity contribution is -0.302. The highest BCUT2D eigenvalue weighted by molar-refractivity contribution is 5.76. The summed E-state index contributed by atoms with van der Waals surface area (Å²) >= 11 is 0. The maximum atomic E-state index is 12.9. The van der Waals surface area contributed by atoms with Gasteiger partial charge in [-0.2, -0.15) is 0 Å². The number of allylic oxidation sites excluding steroid dienone is 10. The number of aliphatic hydroxyl groups excluding tert-OH is 5. The summed E-state index contributed by atoms with van der Waals surface area (Å²) in [7, 11) is 0. The fourth-order valence-corrected chi connectivity index (χ4v) is 6.96. The number of nitrogens with one attached hydrogen (secondary N) is 1. The molecule has 0 aromatic heterocycles. The summed E-state index contributed by atoms with van der Waals surface area (Å²) in [5.74, 6) is -0.203. The topological polar surface area (TPSA) is 149 Å². The molecule has 1 fully saturated rings. The number of carbonyl (C=O) groups is 1. The van der Waals surface area contributed by atoms with E-state index in [0.717, 1.165) is 57.8 Å². The number of carbonyl (C=O) groups excluding carboxylic acids is 1. The van der Waals surface area contributed by atoms with Crippen molar-refractivity contribution in [3.05, 3.63) is 60.8 Å². The standard InChI is InChI=1S/C48H85NO8/c1-3-5-7-9-11-13-15-17-19-21-23-25-27-29-31-33-35-37-42(51)41(40-56-48-47(55)46(54)45(53)43(39-50)57-48)49-44(52)38-36-34-32-30-28-26-24-22-20-18-16-14-12-10-8-6-4-2/h6,8,12,14,18,20,24,26,30,32,41-43,45-48,50-51,53-55H,3-5,7,9-11,13,15-17,19,21-23,25,27-29,31,33-40H2,1-2H3,(H,49,52)/b8-6-,14-12-,20-18-,26-24-,32-30-. The SMILES string of the molecule is CC/C=C\C/C=C\C/C=C\C/C=C\C/C=C\CCCC(=O)NC(COC1OC(CO)C(O)C(O)C1O)C(O)CCCCCCCCCCCCCCCCCCC. The first-order valence-electron chi connectivity index (χ1n) is 23.0. The van der Waals surface area contributed by atoms with E-state index in [1.807, 2.05) is 0 Å². The molecule has 1 saturated heterocycles. The number of amides is 1. The summed E-state index contributed by atoms with van der Waals surface area (Å²) in [6.07, 6.45) is 42.3. The third-order valence-electron chi connectivity index (χ3n) is 10.6. The van der Waals surface area contributed by atoms with Crippen molar-refractivity contribution in [1.82, 2.24) is 5.32 Å². The van der Waals surface area contributed by atoms with Crippen LogP contribution in [0.4, 0.5) is 0 Å². The van der Waals surface area contributed by atoms with Gasteiger partial charge in [0.25, 0.3) is 0 Å². The minimum Gasteiger partial charge on any atom is -0.394 e. The van der Waals surface area contributed by atoms with Crippen molar-refractivity contribution in [2.75, 3.05) is 13.2 Å². The maximum absolute atomic E-state index is 12.9. The van der Waals surface area contributed by atoms with Crippen LogP contribution in [0.1, 0.15) is 181 Å². The third-order valence-corrected chi connectivity index (χ3v) is 10.6. The number of hydrogen-bond donors (Lipinski definition) is 6. The highest BCUT2D eigenvalue weighted by Gasteiger charge is 2.44. The van der Waals surface area contributed by atoms with Gasteiger partial charge < -0.3 is 40.3 Å². The smallest absolute Gasteiger partial charge is 0.220 e. The normalized spacial score (nSPS) is 21.6. The first-order chi connectivity index (χ1) is 27.8. The van der Waals surface area contributed by atoms with E-state index in [-0.39, 0.29) is 18.9 Å². The van der Waals surface area contributed by atoms with E-state index in [9.17, 15) is 30.3 Å². The summed E-state index contributed by atoms with van der Waals surface area (Å²) < 4.78 is 11.2. The van der Waals surface area contributed by atoms with E-state index in [4.69, 9.17) is 9.47 Å². The molecule has 1 aliphatic heterocycles. The molecule has 0 spiro atoms. The average Bonchev–Trinajstić information content (AvgIpc) is 3.21. The molecule has 7 unspecified atom stereocenters. The molecule has 1 aliphatic rings. The number of unbranched alkanes of at least 4 members (excludes halogenated alkanes) is 17. The Hall–Kier alpha value is -2.11. The number of ether oxygens (including phenoxy) is 2. The molecule has 1 rings (SSSR count). The first kappa shape index (κ1) is 52.9. The fourth-order valence-electron chi connectivity index (χ4n) is 6.96. The van der Waals surface area contributed by atoms with E-state index < -0.39 is 49.5 Å². The van der Waals surface area contributed by atoms with E-state index >= 15 is 0 Å². The van der Waals surface area contributed by atoms with E-state index in [1.54, 1.807) is 0 Å². The third kappa shape index (κ3) is 28.9. The molecule has 0 bridgehead atoms. The first-order valence-corrected chi connectivity index (χ1v) is 23.0. The van der Waals surface area contributed by atoms with Crippen LogP contribution in [0.3, 0.4) is 0 Å². The molecule has 0 aromatic rings. The fraction of sp³-hybridized carbons (Fsp3) is 0.771. The van der Waals surface area contributed by atoms with Crippen LogP contribution in [-0.4, -0.2) is 87.5 Å². The van der Waals surface area contributed by atoms with Crippen molar-refractivity contribution in [3.8, 4) is 0 Å². The van der Waals surface area contributed by atoms with E-state index in [0.29, 0.717) is 12.8 Å². The molecular formula is C48H85NO8. The summed E-state index contributed by atoms with van der Waals surface area (Å²) in [5, 5.41) is 54.3. The zero-order chi connectivity index (χ0) is 41.6. The average molecular weight is 804 g/mol. The van der Waals surface area contributed by atoms with Gasteiger partial charge in [0.05, 0.1) is 25.4 Å². The van der Waals surface area contributed by atoms with Crippen molar-refractivity contribution in [1.29, 1.82) is 0 Å². The molecule has 0 aliphatic carbocycles. The molecule has 0 saturated carbocycles. The van der Waals surface area contributed by atoms with Crippen LogP contribution in [0.2, 0.25) is 0 Å². The molecule has 7 atom stereocenters. The quantitative estimate of drug-likeness (QED) is 0.0269. The Balaban J connectivity index is 2.38. The Morgan fingerprint density at radius 2 is 1.07 bits per heavy atom.